The number of piperazine rings is 1. The van der Waals surface area contributed by atoms with Crippen LogP contribution in [0.15, 0.2) is 42.5 Å². The number of nitrogens with zero attached hydrogens (tertiary/aromatic N) is 3. The lowest BCUT2D eigenvalue weighted by molar-refractivity contribution is 0.141. The number of carbonyl (C=O) groups is 1. The number of amides is 2. The number of nitrogens with two attached hydrogens (primary N) is 1. The van der Waals surface area contributed by atoms with Gasteiger partial charge in [-0.25, -0.2) is 9.18 Å². The van der Waals surface area contributed by atoms with Crippen molar-refractivity contribution in [2.24, 2.45) is 17.8 Å². The maximum absolute atomic E-state index is 13.2. The lowest BCUT2D eigenvalue weighted by Gasteiger charge is -2.33. The van der Waals surface area contributed by atoms with E-state index in [4.69, 9.17) is 5.73 Å². The number of carbonyl (C=O) groups excluding carboxylic acids is 1. The fourth-order valence-corrected chi connectivity index (χ4v) is 5.10. The van der Waals surface area contributed by atoms with Crippen LogP contribution in [-0.2, 0) is 0 Å². The first kappa shape index (κ1) is 20.3. The molecule has 1 aliphatic carbocycles. The predicted molar refractivity (Wildman–Crippen MR) is 121 cm³/mol. The van der Waals surface area contributed by atoms with E-state index in [9.17, 15) is 9.18 Å². The summed E-state index contributed by atoms with van der Waals surface area (Å²) in [7, 11) is 2.18. The zero-order chi connectivity index (χ0) is 21.5. The molecular formula is C24H30FN5O. The molecule has 0 spiro atoms. The molecule has 31 heavy (non-hydrogen) atoms. The fraction of sp³-hybridized carbons (Fsp3) is 0.458. The summed E-state index contributed by atoms with van der Waals surface area (Å²) in [6.07, 6.45) is 0. The largest absolute Gasteiger partial charge is 0.397 e. The molecule has 5 rings (SSSR count). The van der Waals surface area contributed by atoms with Crippen molar-refractivity contribution in [1.29, 1.82) is 0 Å². The molecule has 7 heteroatoms. The Morgan fingerprint density at radius 2 is 1.68 bits per heavy atom. The molecule has 2 amide bonds. The Kier molecular flexibility index (Phi) is 5.32. The van der Waals surface area contributed by atoms with E-state index in [0.29, 0.717) is 23.2 Å². The van der Waals surface area contributed by atoms with Gasteiger partial charge in [0.1, 0.15) is 5.82 Å². The van der Waals surface area contributed by atoms with E-state index in [-0.39, 0.29) is 11.8 Å². The van der Waals surface area contributed by atoms with E-state index in [1.54, 1.807) is 18.2 Å². The Balaban J connectivity index is 1.17. The molecule has 0 radical (unpaired) electrons. The second kappa shape index (κ2) is 8.13. The van der Waals surface area contributed by atoms with Crippen LogP contribution in [0.3, 0.4) is 0 Å². The number of piperidine rings is 1. The van der Waals surface area contributed by atoms with Gasteiger partial charge >= 0.3 is 6.03 Å². The molecule has 2 aliphatic heterocycles. The average molecular weight is 424 g/mol. The first-order valence-corrected chi connectivity index (χ1v) is 11.1. The minimum absolute atomic E-state index is 0.0893. The fourth-order valence-electron chi connectivity index (χ4n) is 5.10. The van der Waals surface area contributed by atoms with Crippen LogP contribution in [0.2, 0.25) is 0 Å². The highest BCUT2D eigenvalue weighted by Crippen LogP contribution is 2.52. The molecule has 0 aromatic heterocycles. The molecular weight excluding hydrogens is 393 g/mol. The molecule has 2 aromatic carbocycles. The summed E-state index contributed by atoms with van der Waals surface area (Å²) in [5.41, 5.74) is 9.00. The van der Waals surface area contributed by atoms with Crippen molar-refractivity contribution in [2.75, 3.05) is 63.9 Å². The molecule has 2 aromatic rings. The van der Waals surface area contributed by atoms with Gasteiger partial charge in [-0.3, -0.25) is 0 Å². The molecule has 0 bridgehead atoms. The summed E-state index contributed by atoms with van der Waals surface area (Å²) in [5.74, 6) is 1.73. The lowest BCUT2D eigenvalue weighted by Crippen LogP contribution is -2.45. The smallest absolute Gasteiger partial charge is 0.321 e. The van der Waals surface area contributed by atoms with Crippen LogP contribution < -0.4 is 11.1 Å². The number of hydrogen-bond donors (Lipinski definition) is 2. The highest BCUT2D eigenvalue weighted by atomic mass is 19.1. The summed E-state index contributed by atoms with van der Waals surface area (Å²) in [6.45, 7) is 7.43. The molecule has 0 unspecified atom stereocenters. The molecule has 3 fully saturated rings. The zero-order valence-electron chi connectivity index (χ0n) is 17.9. The van der Waals surface area contributed by atoms with Crippen LogP contribution in [0.4, 0.5) is 20.6 Å². The van der Waals surface area contributed by atoms with E-state index in [1.165, 1.54) is 18.7 Å². The predicted octanol–water partition coefficient (Wildman–Crippen LogP) is 3.03. The number of fused-ring (bicyclic) bond motifs is 1. The van der Waals surface area contributed by atoms with Crippen molar-refractivity contribution >= 4 is 17.4 Å². The second-order valence-electron chi connectivity index (χ2n) is 9.24. The highest BCUT2D eigenvalue weighted by molar-refractivity contribution is 5.94. The van der Waals surface area contributed by atoms with Crippen molar-refractivity contribution < 1.29 is 9.18 Å². The van der Waals surface area contributed by atoms with Crippen molar-refractivity contribution in [3.63, 3.8) is 0 Å². The van der Waals surface area contributed by atoms with Crippen molar-refractivity contribution in [3.8, 4) is 11.1 Å². The van der Waals surface area contributed by atoms with Crippen LogP contribution in [0.25, 0.3) is 11.1 Å². The monoisotopic (exact) mass is 423 g/mol. The molecule has 2 saturated heterocycles. The first-order chi connectivity index (χ1) is 15.0. The van der Waals surface area contributed by atoms with Gasteiger partial charge in [-0.1, -0.05) is 18.2 Å². The van der Waals surface area contributed by atoms with Crippen molar-refractivity contribution in [3.05, 3.63) is 48.3 Å². The van der Waals surface area contributed by atoms with Crippen LogP contribution in [0.1, 0.15) is 0 Å². The Hall–Kier alpha value is -2.64. The lowest BCUT2D eigenvalue weighted by atomic mass is 10.0. The minimum Gasteiger partial charge on any atom is -0.397 e. The van der Waals surface area contributed by atoms with Gasteiger partial charge in [0.15, 0.2) is 0 Å². The van der Waals surface area contributed by atoms with Gasteiger partial charge in [-0.2, -0.15) is 0 Å². The molecule has 6 nitrogen and oxygen atoms in total. The summed E-state index contributed by atoms with van der Waals surface area (Å²) < 4.78 is 13.2. The summed E-state index contributed by atoms with van der Waals surface area (Å²) in [6, 6.07) is 11.7. The third kappa shape index (κ3) is 4.25. The number of urea groups is 1. The standard InChI is InChI=1S/C24H30FN5O/c1-28-8-10-29(11-9-28)13-19-20-14-30(15-21(19)20)24(31)27-23-12-17(4-7-22(23)26)16-2-5-18(25)6-3-16/h2-7,12,19-21H,8-11,13-15,26H2,1H3,(H,27,31)/t19-,20-,21+. The Bertz CT molecular complexity index is 945. The third-order valence-corrected chi connectivity index (χ3v) is 7.20. The average Bonchev–Trinajstić information content (AvgIpc) is 3.18. The number of nitrogens with one attached hydrogen (secondary N) is 1. The van der Waals surface area contributed by atoms with Crippen molar-refractivity contribution in [1.82, 2.24) is 14.7 Å². The number of benzene rings is 2. The van der Waals surface area contributed by atoms with Crippen LogP contribution in [0, 0.1) is 23.6 Å². The van der Waals surface area contributed by atoms with Crippen LogP contribution >= 0.6 is 0 Å². The van der Waals surface area contributed by atoms with E-state index in [0.717, 1.165) is 56.3 Å². The van der Waals surface area contributed by atoms with E-state index < -0.39 is 0 Å². The molecule has 3 atom stereocenters. The maximum atomic E-state index is 13.2. The Labute approximate surface area is 182 Å². The number of anilines is 2. The van der Waals surface area contributed by atoms with Crippen LogP contribution in [0.5, 0.6) is 0 Å². The summed E-state index contributed by atoms with van der Waals surface area (Å²) in [5, 5.41) is 2.99. The van der Waals surface area contributed by atoms with Gasteiger partial charge < -0.3 is 25.8 Å². The number of nitrogen functional groups attached to an aromatic ring is 1. The Morgan fingerprint density at radius 3 is 2.35 bits per heavy atom. The third-order valence-electron chi connectivity index (χ3n) is 7.20. The molecule has 3 N–H and O–H groups in total. The van der Waals surface area contributed by atoms with Crippen molar-refractivity contribution in [2.45, 2.75) is 0 Å². The van der Waals surface area contributed by atoms with Gasteiger partial charge in [0, 0.05) is 45.8 Å². The molecule has 1 saturated carbocycles. The van der Waals surface area contributed by atoms with Gasteiger partial charge in [0.2, 0.25) is 0 Å². The van der Waals surface area contributed by atoms with E-state index in [1.807, 2.05) is 17.0 Å². The number of hydrogen-bond acceptors (Lipinski definition) is 4. The SMILES string of the molecule is CN1CCN(C[C@@H]2[C@H]3CN(C(=O)Nc4cc(-c5ccc(F)cc5)ccc4N)C[C@@H]23)CC1. The second-order valence-corrected chi connectivity index (χ2v) is 9.24. The zero-order valence-corrected chi connectivity index (χ0v) is 17.9. The Morgan fingerprint density at radius 1 is 1.03 bits per heavy atom. The van der Waals surface area contributed by atoms with E-state index >= 15 is 0 Å². The normalized spacial score (nSPS) is 26.0. The quantitative estimate of drug-likeness (QED) is 0.742. The maximum Gasteiger partial charge on any atom is 0.321 e. The molecule has 164 valence electrons. The van der Waals surface area contributed by atoms with E-state index in [2.05, 4.69) is 22.2 Å². The van der Waals surface area contributed by atoms with Gasteiger partial charge in [0.05, 0.1) is 11.4 Å². The number of likely N-dealkylation sites (N-methyl/N-ethyl adjacent to an activating group) is 1. The first-order valence-electron chi connectivity index (χ1n) is 11.1. The highest BCUT2D eigenvalue weighted by Gasteiger charge is 2.56. The minimum atomic E-state index is -0.272. The van der Waals surface area contributed by atoms with Gasteiger partial charge in [-0.05, 0) is 60.2 Å². The number of rotatable bonds is 4. The van der Waals surface area contributed by atoms with Gasteiger partial charge in [0.25, 0.3) is 0 Å². The number of likely N-dealkylation sites (tertiary alicyclic amines) is 1. The van der Waals surface area contributed by atoms with Gasteiger partial charge in [-0.15, -0.1) is 0 Å². The summed E-state index contributed by atoms with van der Waals surface area (Å²) >= 11 is 0. The molecule has 2 heterocycles. The number of halogens is 1. The molecule has 3 aliphatic rings. The summed E-state index contributed by atoms with van der Waals surface area (Å²) in [4.78, 5) is 19.7. The van der Waals surface area contributed by atoms with Crippen LogP contribution in [-0.4, -0.2) is 73.6 Å². The topological polar surface area (TPSA) is 64.8 Å².